The molecule has 0 atom stereocenters. The lowest BCUT2D eigenvalue weighted by atomic mass is 10.1. The minimum absolute atomic E-state index is 0.0989. The Bertz CT molecular complexity index is 1170. The van der Waals surface area contributed by atoms with Gasteiger partial charge in [0.25, 0.3) is 5.91 Å². The van der Waals surface area contributed by atoms with Crippen molar-refractivity contribution >= 4 is 44.2 Å². The molecule has 3 aromatic carbocycles. The average molecular weight is 401 g/mol. The summed E-state index contributed by atoms with van der Waals surface area (Å²) in [5, 5.41) is 6.26. The second-order valence-corrected chi connectivity index (χ2v) is 7.76. The van der Waals surface area contributed by atoms with Crippen LogP contribution in [0.15, 0.2) is 72.8 Å². The van der Waals surface area contributed by atoms with Gasteiger partial charge in [-0.15, -0.1) is 0 Å². The van der Waals surface area contributed by atoms with Crippen molar-refractivity contribution in [2.24, 2.45) is 0 Å². The summed E-state index contributed by atoms with van der Waals surface area (Å²) in [5.74, 6) is -0.332. The fraction of sp³-hybridized carbons (Fsp3) is 0.0870. The fourth-order valence-corrected chi connectivity index (χ4v) is 3.91. The lowest BCUT2D eigenvalue weighted by Gasteiger charge is -2.07. The molecule has 0 aliphatic heterocycles. The topological polar surface area (TPSA) is 71.1 Å². The van der Waals surface area contributed by atoms with Gasteiger partial charge >= 0.3 is 0 Å². The zero-order chi connectivity index (χ0) is 20.2. The first-order valence-corrected chi connectivity index (χ1v) is 10.0. The van der Waals surface area contributed by atoms with Crippen molar-refractivity contribution < 1.29 is 9.59 Å². The third kappa shape index (κ3) is 4.67. The smallest absolute Gasteiger partial charge is 0.257 e. The van der Waals surface area contributed by atoms with Gasteiger partial charge in [-0.05, 0) is 54.4 Å². The van der Waals surface area contributed by atoms with Gasteiger partial charge in [0.15, 0.2) is 5.13 Å². The van der Waals surface area contributed by atoms with E-state index in [1.807, 2.05) is 49.4 Å². The van der Waals surface area contributed by atoms with Crippen molar-refractivity contribution in [3.8, 4) is 0 Å². The number of hydrogen-bond donors (Lipinski definition) is 2. The van der Waals surface area contributed by atoms with Crippen LogP contribution < -0.4 is 10.6 Å². The van der Waals surface area contributed by atoms with Gasteiger partial charge in [0, 0.05) is 11.3 Å². The predicted molar refractivity (Wildman–Crippen MR) is 118 cm³/mol. The molecule has 4 aromatic rings. The number of nitrogens with one attached hydrogen (secondary N) is 2. The standard InChI is InChI=1S/C23H19N3O2S/c1-15-7-12-19-20(13-15)29-23(25-19)26-22(28)17-8-10-18(11-9-17)24-21(27)14-16-5-3-2-4-6-16/h2-13H,14H2,1H3,(H,24,27)(H,25,26,28). The number of amides is 2. The van der Waals surface area contributed by atoms with Gasteiger partial charge in [-0.3, -0.25) is 14.9 Å². The molecule has 29 heavy (non-hydrogen) atoms. The molecular formula is C23H19N3O2S. The summed E-state index contributed by atoms with van der Waals surface area (Å²) in [5.41, 5.74) is 4.13. The number of nitrogens with zero attached hydrogens (tertiary/aromatic N) is 1. The highest BCUT2D eigenvalue weighted by molar-refractivity contribution is 7.22. The molecule has 0 unspecified atom stereocenters. The van der Waals surface area contributed by atoms with Crippen LogP contribution in [-0.2, 0) is 11.2 Å². The van der Waals surface area contributed by atoms with Crippen molar-refractivity contribution in [2.45, 2.75) is 13.3 Å². The van der Waals surface area contributed by atoms with Gasteiger partial charge in [0.05, 0.1) is 16.6 Å². The van der Waals surface area contributed by atoms with Gasteiger partial charge < -0.3 is 5.32 Å². The van der Waals surface area contributed by atoms with Crippen LogP contribution in [0.1, 0.15) is 21.5 Å². The number of thiazole rings is 1. The molecule has 144 valence electrons. The summed E-state index contributed by atoms with van der Waals surface area (Å²) in [7, 11) is 0. The van der Waals surface area contributed by atoms with Gasteiger partial charge in [-0.1, -0.05) is 47.7 Å². The predicted octanol–water partition coefficient (Wildman–Crippen LogP) is 5.04. The number of anilines is 2. The molecule has 0 spiro atoms. The lowest BCUT2D eigenvalue weighted by Crippen LogP contribution is -2.15. The van der Waals surface area contributed by atoms with Crippen LogP contribution in [0.25, 0.3) is 10.2 Å². The summed E-state index contributed by atoms with van der Waals surface area (Å²) < 4.78 is 1.04. The molecule has 6 heteroatoms. The summed E-state index contributed by atoms with van der Waals surface area (Å²) in [6.07, 6.45) is 0.306. The van der Waals surface area contributed by atoms with E-state index in [-0.39, 0.29) is 11.8 Å². The Morgan fingerprint density at radius 1 is 0.931 bits per heavy atom. The summed E-state index contributed by atoms with van der Waals surface area (Å²) in [4.78, 5) is 29.1. The van der Waals surface area contributed by atoms with Crippen LogP contribution in [-0.4, -0.2) is 16.8 Å². The first-order chi connectivity index (χ1) is 14.1. The van der Waals surface area contributed by atoms with E-state index in [4.69, 9.17) is 0 Å². The van der Waals surface area contributed by atoms with Gasteiger partial charge in [-0.2, -0.15) is 0 Å². The zero-order valence-corrected chi connectivity index (χ0v) is 16.6. The molecule has 0 fully saturated rings. The third-order valence-electron chi connectivity index (χ3n) is 4.40. The minimum atomic E-state index is -0.233. The van der Waals surface area contributed by atoms with Crippen molar-refractivity contribution in [2.75, 3.05) is 10.6 Å². The molecule has 0 saturated heterocycles. The molecule has 0 saturated carbocycles. The van der Waals surface area contributed by atoms with E-state index in [1.165, 1.54) is 11.3 Å². The molecule has 4 rings (SSSR count). The third-order valence-corrected chi connectivity index (χ3v) is 5.34. The number of carbonyl (C=O) groups is 2. The van der Waals surface area contributed by atoms with Gasteiger partial charge in [0.2, 0.25) is 5.91 Å². The normalized spacial score (nSPS) is 10.7. The van der Waals surface area contributed by atoms with Crippen LogP contribution in [0.3, 0.4) is 0 Å². The number of fused-ring (bicyclic) bond motifs is 1. The van der Waals surface area contributed by atoms with Gasteiger partial charge in [0.1, 0.15) is 0 Å². The summed E-state index contributed by atoms with van der Waals surface area (Å²) >= 11 is 1.45. The molecule has 5 nitrogen and oxygen atoms in total. The van der Waals surface area contributed by atoms with E-state index < -0.39 is 0 Å². The Morgan fingerprint density at radius 2 is 1.69 bits per heavy atom. The van der Waals surface area contributed by atoms with Crippen molar-refractivity contribution in [3.63, 3.8) is 0 Å². The lowest BCUT2D eigenvalue weighted by molar-refractivity contribution is -0.115. The van der Waals surface area contributed by atoms with E-state index in [0.717, 1.165) is 21.3 Å². The van der Waals surface area contributed by atoms with Crippen molar-refractivity contribution in [1.29, 1.82) is 0 Å². The number of carbonyl (C=O) groups excluding carboxylic acids is 2. The average Bonchev–Trinajstić information content (AvgIpc) is 3.10. The maximum Gasteiger partial charge on any atom is 0.257 e. The molecule has 2 N–H and O–H groups in total. The highest BCUT2D eigenvalue weighted by Gasteiger charge is 2.11. The van der Waals surface area contributed by atoms with Crippen LogP contribution in [0.2, 0.25) is 0 Å². The molecule has 0 bridgehead atoms. The Kier molecular flexibility index (Phi) is 5.35. The molecule has 1 heterocycles. The maximum absolute atomic E-state index is 12.5. The fourth-order valence-electron chi connectivity index (χ4n) is 2.95. The Labute approximate surface area is 172 Å². The SMILES string of the molecule is Cc1ccc2nc(NC(=O)c3ccc(NC(=O)Cc4ccccc4)cc3)sc2c1. The summed E-state index contributed by atoms with van der Waals surface area (Å²) in [6, 6.07) is 22.4. The minimum Gasteiger partial charge on any atom is -0.326 e. The largest absolute Gasteiger partial charge is 0.326 e. The first-order valence-electron chi connectivity index (χ1n) is 9.19. The monoisotopic (exact) mass is 401 g/mol. The van der Waals surface area contributed by atoms with E-state index in [1.54, 1.807) is 24.3 Å². The molecule has 1 aromatic heterocycles. The van der Waals surface area contributed by atoms with E-state index in [2.05, 4.69) is 21.7 Å². The number of aryl methyl sites for hydroxylation is 1. The van der Waals surface area contributed by atoms with Crippen molar-refractivity contribution in [3.05, 3.63) is 89.5 Å². The second kappa shape index (κ2) is 8.24. The van der Waals surface area contributed by atoms with Crippen LogP contribution >= 0.6 is 11.3 Å². The van der Waals surface area contributed by atoms with Crippen LogP contribution in [0.4, 0.5) is 10.8 Å². The van der Waals surface area contributed by atoms with E-state index >= 15 is 0 Å². The first kappa shape index (κ1) is 18.8. The Hall–Kier alpha value is -3.51. The molecular weight excluding hydrogens is 382 g/mol. The number of benzene rings is 3. The van der Waals surface area contributed by atoms with Crippen LogP contribution in [0, 0.1) is 6.92 Å². The molecule has 2 amide bonds. The van der Waals surface area contributed by atoms with Crippen molar-refractivity contribution in [1.82, 2.24) is 4.98 Å². The Morgan fingerprint density at radius 3 is 2.45 bits per heavy atom. The van der Waals surface area contributed by atoms with E-state index in [0.29, 0.717) is 22.8 Å². The second-order valence-electron chi connectivity index (χ2n) is 6.73. The Balaban J connectivity index is 1.38. The number of rotatable bonds is 5. The van der Waals surface area contributed by atoms with E-state index in [9.17, 15) is 9.59 Å². The van der Waals surface area contributed by atoms with Crippen LogP contribution in [0.5, 0.6) is 0 Å². The maximum atomic E-state index is 12.5. The number of hydrogen-bond acceptors (Lipinski definition) is 4. The zero-order valence-electron chi connectivity index (χ0n) is 15.8. The quantitative estimate of drug-likeness (QED) is 0.492. The van der Waals surface area contributed by atoms with Gasteiger partial charge in [-0.25, -0.2) is 4.98 Å². The molecule has 0 aliphatic rings. The molecule has 0 aliphatic carbocycles. The highest BCUT2D eigenvalue weighted by Crippen LogP contribution is 2.27. The summed E-state index contributed by atoms with van der Waals surface area (Å²) in [6.45, 7) is 2.03. The highest BCUT2D eigenvalue weighted by atomic mass is 32.1. The number of aromatic nitrogens is 1. The molecule has 0 radical (unpaired) electrons.